The van der Waals surface area contributed by atoms with Gasteiger partial charge in [0.25, 0.3) is 0 Å². The molecule has 0 saturated heterocycles. The largest absolute Gasteiger partial charge is 0.422 e. The standard InChI is InChI=1S/C30H24F3NO3/c31-30(32,33)24-10-8-20(9-11-24)25-3-1-2-4-26(25)29(36)37-28-12-5-19(18-35)15-27(28)22-6-7-23-17-34-14-13-21(23)16-22/h1-12,15-16,34-35H,13-14,17-18H2. The van der Waals surface area contributed by atoms with Gasteiger partial charge in [-0.25, -0.2) is 4.79 Å². The minimum absolute atomic E-state index is 0.160. The molecular formula is C30H24F3NO3. The molecule has 0 radical (unpaired) electrons. The fourth-order valence-corrected chi connectivity index (χ4v) is 4.54. The lowest BCUT2D eigenvalue weighted by Gasteiger charge is -2.19. The van der Waals surface area contributed by atoms with Crippen molar-refractivity contribution < 1.29 is 27.8 Å². The van der Waals surface area contributed by atoms with Crippen LogP contribution >= 0.6 is 0 Å². The molecular weight excluding hydrogens is 479 g/mol. The molecule has 0 aliphatic carbocycles. The molecule has 0 atom stereocenters. The normalized spacial score (nSPS) is 13.2. The van der Waals surface area contributed by atoms with Gasteiger partial charge in [0.2, 0.25) is 0 Å². The van der Waals surface area contributed by atoms with Crippen LogP contribution in [-0.4, -0.2) is 17.6 Å². The zero-order valence-corrected chi connectivity index (χ0v) is 19.8. The van der Waals surface area contributed by atoms with Crippen LogP contribution in [0, 0.1) is 0 Å². The second kappa shape index (κ2) is 10.2. The molecule has 7 heteroatoms. The Hall–Kier alpha value is -3.94. The highest BCUT2D eigenvalue weighted by Gasteiger charge is 2.30. The highest BCUT2D eigenvalue weighted by molar-refractivity contribution is 5.99. The molecule has 1 aliphatic rings. The van der Waals surface area contributed by atoms with Crippen LogP contribution in [0.2, 0.25) is 0 Å². The number of nitrogens with one attached hydrogen (secondary N) is 1. The number of aliphatic hydroxyl groups is 1. The topological polar surface area (TPSA) is 58.6 Å². The Labute approximate surface area is 212 Å². The predicted molar refractivity (Wildman–Crippen MR) is 135 cm³/mol. The molecule has 0 fully saturated rings. The summed E-state index contributed by atoms with van der Waals surface area (Å²) in [6.07, 6.45) is -3.56. The van der Waals surface area contributed by atoms with Crippen molar-refractivity contribution in [2.75, 3.05) is 6.54 Å². The molecule has 0 amide bonds. The van der Waals surface area contributed by atoms with Crippen molar-refractivity contribution in [3.63, 3.8) is 0 Å². The van der Waals surface area contributed by atoms with E-state index >= 15 is 0 Å². The van der Waals surface area contributed by atoms with Crippen LogP contribution in [-0.2, 0) is 25.7 Å². The first-order valence-electron chi connectivity index (χ1n) is 11.9. The molecule has 4 nitrogen and oxygen atoms in total. The van der Waals surface area contributed by atoms with Crippen molar-refractivity contribution in [3.05, 3.63) is 113 Å². The summed E-state index contributed by atoms with van der Waals surface area (Å²) in [4.78, 5) is 13.3. The van der Waals surface area contributed by atoms with Gasteiger partial charge in [-0.2, -0.15) is 13.2 Å². The van der Waals surface area contributed by atoms with Gasteiger partial charge in [0.1, 0.15) is 5.75 Å². The fourth-order valence-electron chi connectivity index (χ4n) is 4.54. The number of ether oxygens (including phenoxy) is 1. The Morgan fingerprint density at radius 3 is 2.38 bits per heavy atom. The average molecular weight is 504 g/mol. The van der Waals surface area contributed by atoms with Gasteiger partial charge in [0.15, 0.2) is 0 Å². The fraction of sp³-hybridized carbons (Fsp3) is 0.167. The van der Waals surface area contributed by atoms with Crippen LogP contribution in [0.1, 0.15) is 32.6 Å². The number of fused-ring (bicyclic) bond motifs is 1. The molecule has 1 heterocycles. The van der Waals surface area contributed by atoms with Gasteiger partial charge in [0, 0.05) is 12.1 Å². The first-order chi connectivity index (χ1) is 17.8. The number of carbonyl (C=O) groups excluding carboxylic acids is 1. The van der Waals surface area contributed by atoms with E-state index in [0.717, 1.165) is 37.2 Å². The summed E-state index contributed by atoms with van der Waals surface area (Å²) in [5, 5.41) is 13.0. The number of alkyl halides is 3. The smallest absolute Gasteiger partial charge is 0.416 e. The zero-order valence-electron chi connectivity index (χ0n) is 19.8. The molecule has 4 aromatic carbocycles. The van der Waals surface area contributed by atoms with Crippen LogP contribution in [0.3, 0.4) is 0 Å². The number of aliphatic hydroxyl groups excluding tert-OH is 1. The van der Waals surface area contributed by atoms with Gasteiger partial charge in [-0.05, 0) is 76.7 Å². The summed E-state index contributed by atoms with van der Waals surface area (Å²) < 4.78 is 44.9. The third-order valence-corrected chi connectivity index (χ3v) is 6.50. The number of hydrogen-bond donors (Lipinski definition) is 2. The summed E-state index contributed by atoms with van der Waals surface area (Å²) in [7, 11) is 0. The number of halogens is 3. The van der Waals surface area contributed by atoms with Gasteiger partial charge in [0.05, 0.1) is 17.7 Å². The first-order valence-corrected chi connectivity index (χ1v) is 11.9. The van der Waals surface area contributed by atoms with Crippen molar-refractivity contribution >= 4 is 5.97 Å². The number of esters is 1. The molecule has 0 saturated carbocycles. The molecule has 0 bridgehead atoms. The van der Waals surface area contributed by atoms with Crippen molar-refractivity contribution in [2.24, 2.45) is 0 Å². The van der Waals surface area contributed by atoms with Crippen LogP contribution < -0.4 is 10.1 Å². The number of rotatable bonds is 5. The maximum Gasteiger partial charge on any atom is 0.416 e. The van der Waals surface area contributed by atoms with Crippen LogP contribution in [0.25, 0.3) is 22.3 Å². The van der Waals surface area contributed by atoms with Crippen molar-refractivity contribution in [1.29, 1.82) is 0 Å². The molecule has 188 valence electrons. The second-order valence-electron chi connectivity index (χ2n) is 8.91. The lowest BCUT2D eigenvalue weighted by Crippen LogP contribution is -2.23. The summed E-state index contributed by atoms with van der Waals surface area (Å²) >= 11 is 0. The van der Waals surface area contributed by atoms with E-state index in [1.807, 2.05) is 12.1 Å². The maximum atomic E-state index is 13.3. The molecule has 1 aliphatic heterocycles. The van der Waals surface area contributed by atoms with Crippen molar-refractivity contribution in [3.8, 4) is 28.0 Å². The van der Waals surface area contributed by atoms with E-state index in [2.05, 4.69) is 11.4 Å². The Bertz CT molecular complexity index is 1450. The van der Waals surface area contributed by atoms with E-state index in [4.69, 9.17) is 4.74 Å². The lowest BCUT2D eigenvalue weighted by molar-refractivity contribution is -0.137. The van der Waals surface area contributed by atoms with Gasteiger partial charge in [-0.1, -0.05) is 54.6 Å². The van der Waals surface area contributed by atoms with Gasteiger partial charge in [-0.3, -0.25) is 0 Å². The molecule has 37 heavy (non-hydrogen) atoms. The summed E-state index contributed by atoms with van der Waals surface area (Å²) in [5.41, 5.74) is 5.08. The van der Waals surface area contributed by atoms with Gasteiger partial charge >= 0.3 is 12.1 Å². The average Bonchev–Trinajstić information content (AvgIpc) is 2.92. The van der Waals surface area contributed by atoms with E-state index in [1.54, 1.807) is 42.5 Å². The maximum absolute atomic E-state index is 13.3. The van der Waals surface area contributed by atoms with Crippen LogP contribution in [0.4, 0.5) is 13.2 Å². The lowest BCUT2D eigenvalue weighted by atomic mass is 9.94. The molecule has 0 spiro atoms. The summed E-state index contributed by atoms with van der Waals surface area (Å²) in [6, 6.07) is 22.6. The minimum Gasteiger partial charge on any atom is -0.422 e. The quantitative estimate of drug-likeness (QED) is 0.245. The summed E-state index contributed by atoms with van der Waals surface area (Å²) in [6.45, 7) is 1.53. The first kappa shape index (κ1) is 24.7. The third kappa shape index (κ3) is 5.28. The third-order valence-electron chi connectivity index (χ3n) is 6.50. The Balaban J connectivity index is 1.49. The van der Waals surface area contributed by atoms with E-state index in [9.17, 15) is 23.1 Å². The van der Waals surface area contributed by atoms with E-state index < -0.39 is 17.7 Å². The number of hydrogen-bond acceptors (Lipinski definition) is 4. The molecule has 5 rings (SSSR count). The molecule has 0 aromatic heterocycles. The van der Waals surface area contributed by atoms with E-state index in [0.29, 0.717) is 28.0 Å². The number of carbonyl (C=O) groups is 1. The molecule has 0 unspecified atom stereocenters. The monoisotopic (exact) mass is 503 g/mol. The van der Waals surface area contributed by atoms with Crippen molar-refractivity contribution in [2.45, 2.75) is 25.7 Å². The van der Waals surface area contributed by atoms with E-state index in [-0.39, 0.29) is 12.2 Å². The van der Waals surface area contributed by atoms with Crippen molar-refractivity contribution in [1.82, 2.24) is 5.32 Å². The van der Waals surface area contributed by atoms with Crippen LogP contribution in [0.5, 0.6) is 5.75 Å². The van der Waals surface area contributed by atoms with Gasteiger partial charge in [-0.15, -0.1) is 0 Å². The Morgan fingerprint density at radius 2 is 1.62 bits per heavy atom. The molecule has 4 aromatic rings. The molecule has 2 N–H and O–H groups in total. The Kier molecular flexibility index (Phi) is 6.82. The number of benzene rings is 4. The van der Waals surface area contributed by atoms with E-state index in [1.165, 1.54) is 23.3 Å². The predicted octanol–water partition coefficient (Wildman–Crippen LogP) is 6.40. The Morgan fingerprint density at radius 1 is 0.865 bits per heavy atom. The minimum atomic E-state index is -4.44. The highest BCUT2D eigenvalue weighted by atomic mass is 19.4. The van der Waals surface area contributed by atoms with Crippen LogP contribution in [0.15, 0.2) is 84.9 Å². The highest BCUT2D eigenvalue weighted by Crippen LogP contribution is 2.35. The zero-order chi connectivity index (χ0) is 26.0. The summed E-state index contributed by atoms with van der Waals surface area (Å²) in [5.74, 6) is -0.297. The van der Waals surface area contributed by atoms with Gasteiger partial charge < -0.3 is 15.2 Å². The second-order valence-corrected chi connectivity index (χ2v) is 8.91. The SMILES string of the molecule is O=C(Oc1ccc(CO)cc1-c1ccc2c(c1)CCNC2)c1ccccc1-c1ccc(C(F)(F)F)cc1.